The molecule has 0 aliphatic heterocycles. The lowest BCUT2D eigenvalue weighted by Gasteiger charge is -2.19. The van der Waals surface area contributed by atoms with Crippen molar-refractivity contribution in [3.8, 4) is 22.6 Å². The van der Waals surface area contributed by atoms with Crippen LogP contribution in [0.2, 0.25) is 10.0 Å². The average molecular weight is 532 g/mol. The first-order valence-electron chi connectivity index (χ1n) is 11.3. The highest BCUT2D eigenvalue weighted by molar-refractivity contribution is 6.35. The van der Waals surface area contributed by atoms with Crippen molar-refractivity contribution < 1.29 is 28.5 Å². The van der Waals surface area contributed by atoms with Crippen molar-refractivity contribution in [2.45, 2.75) is 34.3 Å². The molecule has 190 valence electrons. The fourth-order valence-electron chi connectivity index (χ4n) is 3.78. The van der Waals surface area contributed by atoms with Crippen molar-refractivity contribution in [1.29, 1.82) is 0 Å². The Bertz CT molecular complexity index is 1250. The molecule has 7 nitrogen and oxygen atoms in total. The van der Waals surface area contributed by atoms with Crippen molar-refractivity contribution >= 4 is 35.1 Å². The van der Waals surface area contributed by atoms with E-state index in [-0.39, 0.29) is 30.9 Å². The Kier molecular flexibility index (Phi) is 9.18. The van der Waals surface area contributed by atoms with Crippen LogP contribution in [-0.2, 0) is 16.1 Å². The van der Waals surface area contributed by atoms with E-state index in [0.717, 1.165) is 5.56 Å². The average Bonchev–Trinajstić information content (AvgIpc) is 2.83. The molecule has 1 aromatic heterocycles. The minimum atomic E-state index is -0.584. The summed E-state index contributed by atoms with van der Waals surface area (Å²) in [6.45, 7) is 7.34. The molecule has 0 aliphatic rings. The van der Waals surface area contributed by atoms with Gasteiger partial charge in [-0.1, -0.05) is 35.3 Å². The first-order valence-corrected chi connectivity index (χ1v) is 12.1. The number of carbonyl (C=O) groups excluding carboxylic acids is 2. The number of carbonyl (C=O) groups is 2. The molecule has 0 saturated heterocycles. The van der Waals surface area contributed by atoms with Gasteiger partial charge in [-0.25, -0.2) is 9.59 Å². The fraction of sp³-hybridized carbons (Fsp3) is 0.296. The molecule has 0 unspecified atom stereocenters. The predicted molar refractivity (Wildman–Crippen MR) is 138 cm³/mol. The lowest BCUT2D eigenvalue weighted by atomic mass is 9.92. The van der Waals surface area contributed by atoms with Gasteiger partial charge in [-0.05, 0) is 57.5 Å². The first-order chi connectivity index (χ1) is 17.2. The molecule has 0 amide bonds. The summed E-state index contributed by atoms with van der Waals surface area (Å²) in [6.07, 6.45) is 0. The van der Waals surface area contributed by atoms with E-state index in [0.29, 0.717) is 44.1 Å². The SMILES string of the molecule is CCOC(=O)c1c(C)nc(C)c(C(=O)OCC)c1-c1ccc(OCc2ccc(Cl)cc2Cl)c(OC)c1. The quantitative estimate of drug-likeness (QED) is 0.287. The van der Waals surface area contributed by atoms with Gasteiger partial charge in [-0.2, -0.15) is 0 Å². The molecule has 0 fully saturated rings. The Hall–Kier alpha value is -3.29. The number of benzene rings is 2. The summed E-state index contributed by atoms with van der Waals surface area (Å²) in [5.74, 6) is -0.320. The largest absolute Gasteiger partial charge is 0.493 e. The number of nitrogens with zero attached hydrogens (tertiary/aromatic N) is 1. The topological polar surface area (TPSA) is 84.0 Å². The van der Waals surface area contributed by atoms with Crippen LogP contribution < -0.4 is 9.47 Å². The van der Waals surface area contributed by atoms with E-state index in [4.69, 9.17) is 42.1 Å². The van der Waals surface area contributed by atoms with Crippen molar-refractivity contribution in [1.82, 2.24) is 4.98 Å². The van der Waals surface area contributed by atoms with Crippen LogP contribution in [0.5, 0.6) is 11.5 Å². The maximum Gasteiger partial charge on any atom is 0.340 e. The molecule has 0 atom stereocenters. The molecule has 0 spiro atoms. The van der Waals surface area contributed by atoms with Gasteiger partial charge < -0.3 is 18.9 Å². The Morgan fingerprint density at radius 3 is 2.00 bits per heavy atom. The number of methoxy groups -OCH3 is 1. The third-order valence-electron chi connectivity index (χ3n) is 5.37. The first kappa shape index (κ1) is 27.3. The zero-order valence-electron chi connectivity index (χ0n) is 20.7. The molecular formula is C27H27Cl2NO6. The number of rotatable bonds is 9. The molecular weight excluding hydrogens is 505 g/mol. The van der Waals surface area contributed by atoms with Crippen LogP contribution in [0.3, 0.4) is 0 Å². The highest BCUT2D eigenvalue weighted by Gasteiger charge is 2.28. The predicted octanol–water partition coefficient (Wildman–Crippen LogP) is 6.61. The van der Waals surface area contributed by atoms with Gasteiger partial charge in [0.25, 0.3) is 0 Å². The highest BCUT2D eigenvalue weighted by Crippen LogP contribution is 2.38. The van der Waals surface area contributed by atoms with E-state index in [1.807, 2.05) is 0 Å². The van der Waals surface area contributed by atoms with E-state index < -0.39 is 11.9 Å². The van der Waals surface area contributed by atoms with Gasteiger partial charge >= 0.3 is 11.9 Å². The van der Waals surface area contributed by atoms with Crippen molar-refractivity contribution in [3.05, 3.63) is 74.5 Å². The third-order valence-corrected chi connectivity index (χ3v) is 5.96. The van der Waals surface area contributed by atoms with Gasteiger partial charge in [0, 0.05) is 21.2 Å². The van der Waals surface area contributed by atoms with Crippen molar-refractivity contribution in [2.24, 2.45) is 0 Å². The molecule has 0 saturated carbocycles. The van der Waals surface area contributed by atoms with Crippen LogP contribution in [0.15, 0.2) is 36.4 Å². The number of ether oxygens (including phenoxy) is 4. The minimum absolute atomic E-state index is 0.170. The number of halogens is 2. The van der Waals surface area contributed by atoms with Gasteiger partial charge in [0.05, 0.1) is 42.8 Å². The Morgan fingerprint density at radius 1 is 0.861 bits per heavy atom. The smallest absolute Gasteiger partial charge is 0.340 e. The second kappa shape index (κ2) is 12.1. The fourth-order valence-corrected chi connectivity index (χ4v) is 4.24. The van der Waals surface area contributed by atoms with Gasteiger partial charge in [-0.3, -0.25) is 4.98 Å². The van der Waals surface area contributed by atoms with Gasteiger partial charge in [0.15, 0.2) is 11.5 Å². The molecule has 0 N–H and O–H groups in total. The zero-order chi connectivity index (χ0) is 26.4. The molecule has 9 heteroatoms. The van der Waals surface area contributed by atoms with Crippen LogP contribution in [0.1, 0.15) is 51.5 Å². The summed E-state index contributed by atoms with van der Waals surface area (Å²) in [5, 5.41) is 1.02. The van der Waals surface area contributed by atoms with E-state index in [1.54, 1.807) is 64.1 Å². The van der Waals surface area contributed by atoms with Crippen LogP contribution in [-0.4, -0.2) is 37.2 Å². The molecule has 36 heavy (non-hydrogen) atoms. The Labute approximate surface area is 220 Å². The summed E-state index contributed by atoms with van der Waals surface area (Å²) >= 11 is 12.2. The van der Waals surface area contributed by atoms with E-state index in [2.05, 4.69) is 4.98 Å². The van der Waals surface area contributed by atoms with Crippen LogP contribution >= 0.6 is 23.2 Å². The molecule has 2 aromatic carbocycles. The van der Waals surface area contributed by atoms with Crippen LogP contribution in [0.4, 0.5) is 0 Å². The monoisotopic (exact) mass is 531 g/mol. The second-order valence-corrected chi connectivity index (χ2v) is 8.58. The number of hydrogen-bond donors (Lipinski definition) is 0. The third kappa shape index (κ3) is 5.91. The van der Waals surface area contributed by atoms with E-state index in [9.17, 15) is 9.59 Å². The van der Waals surface area contributed by atoms with Crippen molar-refractivity contribution in [3.63, 3.8) is 0 Å². The Morgan fingerprint density at radius 2 is 1.47 bits per heavy atom. The van der Waals surface area contributed by atoms with E-state index in [1.165, 1.54) is 7.11 Å². The van der Waals surface area contributed by atoms with Gasteiger partial charge in [-0.15, -0.1) is 0 Å². The second-order valence-electron chi connectivity index (χ2n) is 7.74. The summed E-state index contributed by atoms with van der Waals surface area (Å²) in [6, 6.07) is 10.3. The summed E-state index contributed by atoms with van der Waals surface area (Å²) in [7, 11) is 1.50. The minimum Gasteiger partial charge on any atom is -0.493 e. The molecule has 0 aliphatic carbocycles. The normalized spacial score (nSPS) is 10.6. The maximum absolute atomic E-state index is 12.9. The van der Waals surface area contributed by atoms with Crippen molar-refractivity contribution in [2.75, 3.05) is 20.3 Å². The van der Waals surface area contributed by atoms with Crippen LogP contribution in [0, 0.1) is 13.8 Å². The standard InChI is InChI=1S/C27H27Cl2NO6/c1-6-34-26(31)23-15(3)30-16(4)24(27(32)35-7-2)25(23)17-9-11-21(22(12-17)33-5)36-14-18-8-10-19(28)13-20(18)29/h8-13H,6-7,14H2,1-5H3. The lowest BCUT2D eigenvalue weighted by molar-refractivity contribution is 0.0525. The number of aryl methyl sites for hydroxylation is 2. The highest BCUT2D eigenvalue weighted by atomic mass is 35.5. The van der Waals surface area contributed by atoms with E-state index >= 15 is 0 Å². The molecule has 1 heterocycles. The number of esters is 2. The van der Waals surface area contributed by atoms with Gasteiger partial charge in [0.1, 0.15) is 6.61 Å². The maximum atomic E-state index is 12.9. The number of hydrogen-bond acceptors (Lipinski definition) is 7. The lowest BCUT2D eigenvalue weighted by Crippen LogP contribution is -2.17. The van der Waals surface area contributed by atoms with Crippen LogP contribution in [0.25, 0.3) is 11.1 Å². The molecule has 3 aromatic rings. The summed E-state index contributed by atoms with van der Waals surface area (Å²) in [4.78, 5) is 30.3. The summed E-state index contributed by atoms with van der Waals surface area (Å²) in [5.41, 5.74) is 2.91. The molecule has 3 rings (SSSR count). The molecule has 0 radical (unpaired) electrons. The van der Waals surface area contributed by atoms with Gasteiger partial charge in [0.2, 0.25) is 0 Å². The zero-order valence-corrected chi connectivity index (χ0v) is 22.2. The number of aromatic nitrogens is 1. The Balaban J connectivity index is 2.12. The number of pyridine rings is 1. The molecule has 0 bridgehead atoms. The summed E-state index contributed by atoms with van der Waals surface area (Å²) < 4.78 is 22.1.